The van der Waals surface area contributed by atoms with Gasteiger partial charge < -0.3 is 29.7 Å². The van der Waals surface area contributed by atoms with Crippen molar-refractivity contribution in [1.29, 1.82) is 0 Å². The smallest absolute Gasteiger partial charge is 0.411 e. The summed E-state index contributed by atoms with van der Waals surface area (Å²) >= 11 is 0. The molecule has 1 fully saturated rings. The van der Waals surface area contributed by atoms with Crippen molar-refractivity contribution in [3.63, 3.8) is 0 Å². The number of likely N-dealkylation sites (tertiary alicyclic amines) is 1. The minimum Gasteiger partial charge on any atom is -0.465 e. The van der Waals surface area contributed by atoms with Gasteiger partial charge in [0.15, 0.2) is 11.6 Å². The van der Waals surface area contributed by atoms with Crippen molar-refractivity contribution in [2.45, 2.75) is 25.4 Å². The maximum absolute atomic E-state index is 12.6. The van der Waals surface area contributed by atoms with Gasteiger partial charge in [0, 0.05) is 43.0 Å². The molecular weight excluding hydrogens is 688 g/mol. The molecule has 1 aliphatic heterocycles. The van der Waals surface area contributed by atoms with E-state index in [0.717, 1.165) is 37.1 Å². The zero-order valence-corrected chi connectivity index (χ0v) is 30.5. The van der Waals surface area contributed by atoms with E-state index in [1.165, 1.54) is 20.3 Å². The number of hydrogen-bond donors (Lipinski definition) is 3. The summed E-state index contributed by atoms with van der Waals surface area (Å²) in [5.74, 6) is -0.840. The van der Waals surface area contributed by atoms with Crippen LogP contribution in [0.15, 0.2) is 116 Å². The van der Waals surface area contributed by atoms with Gasteiger partial charge in [0.25, 0.3) is 0 Å². The van der Waals surface area contributed by atoms with Gasteiger partial charge in [-0.1, -0.05) is 67.2 Å². The van der Waals surface area contributed by atoms with Crippen LogP contribution < -0.4 is 16.0 Å². The number of piperidine rings is 1. The number of carbonyl (C=O) groups is 5. The summed E-state index contributed by atoms with van der Waals surface area (Å²) in [5, 5.41) is 8.86. The number of anilines is 3. The standard InChI is InChI=1S/C30H33N3O5.C12H13NO3/c1-37-29(35)23-10-7-11-24(20-23)31-21-25(34)14-17-33-18-15-26(16-19-33)38-30(36)32-28-13-6-5-12-27(28)22-8-3-2-4-9-22;1-3-11(14)8-13-10-6-4-5-9(7-10)12(15)16-2/h2-13,20,26,31H,14-19,21H2,1H3,(H,32,36);3-7,13H,1,8H2,2H3. The van der Waals surface area contributed by atoms with Gasteiger partial charge in [0.1, 0.15) is 6.10 Å². The molecule has 5 rings (SSSR count). The summed E-state index contributed by atoms with van der Waals surface area (Å²) in [7, 11) is 2.66. The third kappa shape index (κ3) is 13.1. The molecule has 1 aliphatic rings. The third-order valence-electron chi connectivity index (χ3n) is 8.52. The van der Waals surface area contributed by atoms with Crippen LogP contribution in [0.4, 0.5) is 21.9 Å². The first kappa shape index (κ1) is 40.5. The Hall–Kier alpha value is -6.27. The Morgan fingerprint density at radius 1 is 0.741 bits per heavy atom. The lowest BCUT2D eigenvalue weighted by molar-refractivity contribution is -0.118. The number of methoxy groups -OCH3 is 2. The highest BCUT2D eigenvalue weighted by molar-refractivity contribution is 5.94. The molecule has 0 aliphatic carbocycles. The lowest BCUT2D eigenvalue weighted by Gasteiger charge is -2.31. The van der Waals surface area contributed by atoms with Gasteiger partial charge in [-0.15, -0.1) is 0 Å². The number of Topliss-reactive ketones (excluding diaryl/α,β-unsaturated/α-hetero) is 1. The number of esters is 2. The minimum absolute atomic E-state index is 0.0864. The zero-order valence-electron chi connectivity index (χ0n) is 30.5. The van der Waals surface area contributed by atoms with E-state index in [1.807, 2.05) is 54.6 Å². The molecule has 282 valence electrons. The molecule has 54 heavy (non-hydrogen) atoms. The number of benzene rings is 4. The number of ketones is 2. The fraction of sp³-hybridized carbons (Fsp3) is 0.262. The number of carbonyl (C=O) groups excluding carboxylic acids is 5. The van der Waals surface area contributed by atoms with Crippen molar-refractivity contribution >= 4 is 46.7 Å². The van der Waals surface area contributed by atoms with E-state index >= 15 is 0 Å². The van der Waals surface area contributed by atoms with Gasteiger partial charge in [-0.3, -0.25) is 14.9 Å². The van der Waals surface area contributed by atoms with Gasteiger partial charge in [0.05, 0.1) is 44.1 Å². The van der Waals surface area contributed by atoms with E-state index in [-0.39, 0.29) is 30.8 Å². The Morgan fingerprint density at radius 2 is 1.31 bits per heavy atom. The van der Waals surface area contributed by atoms with Crippen LogP contribution in [0.5, 0.6) is 0 Å². The Balaban J connectivity index is 0.000000340. The molecule has 0 atom stereocenters. The molecule has 3 N–H and O–H groups in total. The second-order valence-corrected chi connectivity index (χ2v) is 12.3. The molecular formula is C42H46N4O8. The first-order chi connectivity index (χ1) is 26.2. The summed E-state index contributed by atoms with van der Waals surface area (Å²) in [6.07, 6.45) is 2.50. The fourth-order valence-corrected chi connectivity index (χ4v) is 5.58. The van der Waals surface area contributed by atoms with Gasteiger partial charge >= 0.3 is 18.0 Å². The van der Waals surface area contributed by atoms with E-state index in [0.29, 0.717) is 41.2 Å². The molecule has 1 saturated heterocycles. The molecule has 12 nitrogen and oxygen atoms in total. The number of hydrogen-bond acceptors (Lipinski definition) is 11. The maximum Gasteiger partial charge on any atom is 0.411 e. The highest BCUT2D eigenvalue weighted by Crippen LogP contribution is 2.28. The largest absolute Gasteiger partial charge is 0.465 e. The Bertz CT molecular complexity index is 1890. The van der Waals surface area contributed by atoms with Crippen molar-refractivity contribution in [3.8, 4) is 11.1 Å². The van der Waals surface area contributed by atoms with Crippen LogP contribution in [0.3, 0.4) is 0 Å². The van der Waals surface area contributed by atoms with Crippen LogP contribution in [0.25, 0.3) is 11.1 Å². The Labute approximate surface area is 315 Å². The molecule has 0 aromatic heterocycles. The summed E-state index contributed by atoms with van der Waals surface area (Å²) in [6.45, 7) is 5.91. The predicted molar refractivity (Wildman–Crippen MR) is 209 cm³/mol. The molecule has 4 aromatic rings. The van der Waals surface area contributed by atoms with Crippen LogP contribution in [-0.2, 0) is 23.8 Å². The molecule has 0 spiro atoms. The molecule has 0 saturated carbocycles. The molecule has 0 radical (unpaired) electrons. The highest BCUT2D eigenvalue weighted by Gasteiger charge is 2.23. The summed E-state index contributed by atoms with van der Waals surface area (Å²) in [4.78, 5) is 61.1. The van der Waals surface area contributed by atoms with Crippen LogP contribution in [-0.4, -0.2) is 87.5 Å². The van der Waals surface area contributed by atoms with Gasteiger partial charge in [-0.05, 0) is 66.9 Å². The van der Waals surface area contributed by atoms with Crippen LogP contribution in [0.2, 0.25) is 0 Å². The monoisotopic (exact) mass is 734 g/mol. The van der Waals surface area contributed by atoms with E-state index < -0.39 is 18.0 Å². The second-order valence-electron chi connectivity index (χ2n) is 12.3. The molecule has 12 heteroatoms. The van der Waals surface area contributed by atoms with Crippen molar-refractivity contribution < 1.29 is 38.2 Å². The lowest BCUT2D eigenvalue weighted by Crippen LogP contribution is -2.39. The van der Waals surface area contributed by atoms with E-state index in [4.69, 9.17) is 9.47 Å². The number of rotatable bonds is 15. The topological polar surface area (TPSA) is 152 Å². The van der Waals surface area contributed by atoms with Crippen LogP contribution >= 0.6 is 0 Å². The predicted octanol–water partition coefficient (Wildman–Crippen LogP) is 6.86. The average molecular weight is 735 g/mol. The van der Waals surface area contributed by atoms with Crippen molar-refractivity contribution in [3.05, 3.63) is 127 Å². The third-order valence-corrected chi connectivity index (χ3v) is 8.52. The number of amides is 1. The fourth-order valence-electron chi connectivity index (χ4n) is 5.58. The normalized spacial score (nSPS) is 12.6. The maximum atomic E-state index is 12.6. The van der Waals surface area contributed by atoms with Crippen molar-refractivity contribution in [2.24, 2.45) is 0 Å². The number of ether oxygens (including phenoxy) is 3. The van der Waals surface area contributed by atoms with E-state index in [9.17, 15) is 24.0 Å². The highest BCUT2D eigenvalue weighted by atomic mass is 16.6. The molecule has 0 unspecified atom stereocenters. The number of para-hydroxylation sites is 1. The van der Waals surface area contributed by atoms with Gasteiger partial charge in [0.2, 0.25) is 0 Å². The molecule has 0 bridgehead atoms. The Morgan fingerprint density at radius 3 is 1.91 bits per heavy atom. The quantitative estimate of drug-likeness (QED) is 0.0667. The summed E-state index contributed by atoms with van der Waals surface area (Å²) in [5.41, 5.74) is 4.95. The van der Waals surface area contributed by atoms with Crippen LogP contribution in [0, 0.1) is 0 Å². The lowest BCUT2D eigenvalue weighted by atomic mass is 10.0. The second kappa shape index (κ2) is 21.3. The zero-order chi connectivity index (χ0) is 38.7. The van der Waals surface area contributed by atoms with Crippen LogP contribution in [0.1, 0.15) is 40.0 Å². The molecule has 1 amide bonds. The number of nitrogens with one attached hydrogen (secondary N) is 3. The van der Waals surface area contributed by atoms with E-state index in [2.05, 4.69) is 32.2 Å². The van der Waals surface area contributed by atoms with Gasteiger partial charge in [-0.25, -0.2) is 14.4 Å². The first-order valence-electron chi connectivity index (χ1n) is 17.5. The van der Waals surface area contributed by atoms with Gasteiger partial charge in [-0.2, -0.15) is 0 Å². The first-order valence-corrected chi connectivity index (χ1v) is 17.5. The Kier molecular flexibility index (Phi) is 16.0. The minimum atomic E-state index is -0.454. The SMILES string of the molecule is C=CC(=O)CNc1cccc(C(=O)OC)c1.COC(=O)c1cccc(NCC(=O)CCN2CCC(OC(=O)Nc3ccccc3-c3ccccc3)CC2)c1. The summed E-state index contributed by atoms with van der Waals surface area (Å²) < 4.78 is 15.0. The molecule has 1 heterocycles. The molecule has 4 aromatic carbocycles. The average Bonchev–Trinajstić information content (AvgIpc) is 3.22. The van der Waals surface area contributed by atoms with E-state index in [1.54, 1.807) is 48.5 Å². The number of nitrogens with zero attached hydrogens (tertiary/aromatic N) is 1. The van der Waals surface area contributed by atoms with Crippen molar-refractivity contribution in [2.75, 3.05) is 62.9 Å². The van der Waals surface area contributed by atoms with Crippen molar-refractivity contribution in [1.82, 2.24) is 4.90 Å². The summed E-state index contributed by atoms with van der Waals surface area (Å²) in [6, 6.07) is 31.2.